The van der Waals surface area contributed by atoms with Crippen molar-refractivity contribution in [2.24, 2.45) is 0 Å². The first-order valence-corrected chi connectivity index (χ1v) is 9.00. The topological polar surface area (TPSA) is 73.4 Å². The Kier molecular flexibility index (Phi) is 5.50. The van der Waals surface area contributed by atoms with Crippen LogP contribution in [0.3, 0.4) is 0 Å². The molecule has 0 unspecified atom stereocenters. The van der Waals surface area contributed by atoms with E-state index in [1.54, 1.807) is 0 Å². The minimum Gasteiger partial charge on any atom is -0.354 e. The Labute approximate surface area is 143 Å². The summed E-state index contributed by atoms with van der Waals surface area (Å²) in [4.78, 5) is 25.3. The Hall–Kier alpha value is -1.89. The van der Waals surface area contributed by atoms with Gasteiger partial charge in [-0.05, 0) is 26.7 Å². The molecule has 1 saturated carbocycles. The van der Waals surface area contributed by atoms with Gasteiger partial charge in [-0.2, -0.15) is 0 Å². The number of carbonyl (C=O) groups excluding carboxylic acids is 1. The van der Waals surface area contributed by atoms with Crippen molar-refractivity contribution in [1.82, 2.24) is 20.2 Å². The van der Waals surface area contributed by atoms with Crippen LogP contribution in [-0.4, -0.2) is 59.2 Å². The van der Waals surface area contributed by atoms with Crippen LogP contribution < -0.4 is 15.5 Å². The van der Waals surface area contributed by atoms with Crippen LogP contribution in [0, 0.1) is 0 Å². The standard InChI is InChI=1S/C17H28N6O/c1-13(2)22-7-9-23(10-8-22)16-11-15(18-12-19-16)21-17(24)20-14-5-3-4-6-14/h11-14H,3-10H2,1-2H3,(H2,18,19,20,21,24). The summed E-state index contributed by atoms with van der Waals surface area (Å²) in [6, 6.07) is 2.57. The number of amides is 2. The van der Waals surface area contributed by atoms with E-state index < -0.39 is 0 Å². The van der Waals surface area contributed by atoms with E-state index >= 15 is 0 Å². The van der Waals surface area contributed by atoms with E-state index in [2.05, 4.69) is 44.2 Å². The van der Waals surface area contributed by atoms with Gasteiger partial charge in [0.05, 0.1) is 0 Å². The number of nitrogens with zero attached hydrogens (tertiary/aromatic N) is 4. The molecule has 0 radical (unpaired) electrons. The normalized spacial score (nSPS) is 19.7. The largest absolute Gasteiger partial charge is 0.354 e. The fourth-order valence-corrected chi connectivity index (χ4v) is 3.46. The monoisotopic (exact) mass is 332 g/mol. The minimum absolute atomic E-state index is 0.170. The van der Waals surface area contributed by atoms with Crippen LogP contribution in [0.2, 0.25) is 0 Å². The number of hydrogen-bond donors (Lipinski definition) is 2. The Bertz CT molecular complexity index is 550. The highest BCUT2D eigenvalue weighted by atomic mass is 16.2. The summed E-state index contributed by atoms with van der Waals surface area (Å²) in [5.41, 5.74) is 0. The maximum Gasteiger partial charge on any atom is 0.320 e. The van der Waals surface area contributed by atoms with Crippen molar-refractivity contribution < 1.29 is 4.79 Å². The second-order valence-corrected chi connectivity index (χ2v) is 6.96. The molecule has 24 heavy (non-hydrogen) atoms. The molecule has 2 aliphatic rings. The molecule has 3 rings (SSSR count). The first-order chi connectivity index (χ1) is 11.6. The maximum absolute atomic E-state index is 12.1. The van der Waals surface area contributed by atoms with E-state index in [0.717, 1.165) is 44.8 Å². The van der Waals surface area contributed by atoms with Gasteiger partial charge in [-0.3, -0.25) is 10.2 Å². The van der Waals surface area contributed by atoms with Gasteiger partial charge < -0.3 is 10.2 Å². The zero-order chi connectivity index (χ0) is 16.9. The van der Waals surface area contributed by atoms with Crippen LogP contribution in [0.4, 0.5) is 16.4 Å². The van der Waals surface area contributed by atoms with Gasteiger partial charge in [-0.25, -0.2) is 14.8 Å². The van der Waals surface area contributed by atoms with Gasteiger partial charge >= 0.3 is 6.03 Å². The van der Waals surface area contributed by atoms with Crippen LogP contribution in [0.1, 0.15) is 39.5 Å². The van der Waals surface area contributed by atoms with Gasteiger partial charge in [0.15, 0.2) is 0 Å². The molecule has 132 valence electrons. The van der Waals surface area contributed by atoms with Crippen LogP contribution in [0.5, 0.6) is 0 Å². The summed E-state index contributed by atoms with van der Waals surface area (Å²) in [5, 5.41) is 5.85. The molecule has 7 nitrogen and oxygen atoms in total. The number of rotatable bonds is 4. The van der Waals surface area contributed by atoms with Gasteiger partial charge in [-0.15, -0.1) is 0 Å². The summed E-state index contributed by atoms with van der Waals surface area (Å²) in [6.07, 6.45) is 6.07. The zero-order valence-electron chi connectivity index (χ0n) is 14.7. The van der Waals surface area contributed by atoms with Crippen molar-refractivity contribution in [3.05, 3.63) is 12.4 Å². The summed E-state index contributed by atoms with van der Waals surface area (Å²) >= 11 is 0. The third-order valence-corrected chi connectivity index (χ3v) is 4.95. The Morgan fingerprint density at radius 3 is 2.54 bits per heavy atom. The van der Waals surface area contributed by atoms with Crippen molar-refractivity contribution in [2.75, 3.05) is 36.4 Å². The summed E-state index contributed by atoms with van der Waals surface area (Å²) < 4.78 is 0. The molecule has 1 aliphatic heterocycles. The van der Waals surface area contributed by atoms with Crippen LogP contribution >= 0.6 is 0 Å². The smallest absolute Gasteiger partial charge is 0.320 e. The van der Waals surface area contributed by atoms with Crippen molar-refractivity contribution in [1.29, 1.82) is 0 Å². The van der Waals surface area contributed by atoms with Crippen LogP contribution in [-0.2, 0) is 0 Å². The second kappa shape index (κ2) is 7.79. The quantitative estimate of drug-likeness (QED) is 0.883. The fourth-order valence-electron chi connectivity index (χ4n) is 3.46. The highest BCUT2D eigenvalue weighted by molar-refractivity contribution is 5.88. The molecule has 1 aromatic rings. The van der Waals surface area contributed by atoms with E-state index in [4.69, 9.17) is 0 Å². The average molecular weight is 332 g/mol. The molecule has 1 aromatic heterocycles. The van der Waals surface area contributed by atoms with E-state index in [9.17, 15) is 4.79 Å². The Balaban J connectivity index is 1.55. The fraction of sp³-hybridized carbons (Fsp3) is 0.706. The van der Waals surface area contributed by atoms with Gasteiger partial charge in [-0.1, -0.05) is 12.8 Å². The molecule has 0 atom stereocenters. The highest BCUT2D eigenvalue weighted by Gasteiger charge is 2.21. The number of aromatic nitrogens is 2. The first-order valence-electron chi connectivity index (χ1n) is 9.00. The van der Waals surface area contributed by atoms with Gasteiger partial charge in [0.2, 0.25) is 0 Å². The number of anilines is 2. The number of piperazine rings is 1. The predicted molar refractivity (Wildman–Crippen MR) is 95.4 cm³/mol. The highest BCUT2D eigenvalue weighted by Crippen LogP contribution is 2.19. The van der Waals surface area contributed by atoms with Gasteiger partial charge in [0.1, 0.15) is 18.0 Å². The Morgan fingerprint density at radius 1 is 1.17 bits per heavy atom. The SMILES string of the molecule is CC(C)N1CCN(c2cc(NC(=O)NC3CCCC3)ncn2)CC1. The van der Waals surface area contributed by atoms with E-state index in [1.165, 1.54) is 19.2 Å². The molecule has 1 aliphatic carbocycles. The second-order valence-electron chi connectivity index (χ2n) is 6.96. The summed E-state index contributed by atoms with van der Waals surface area (Å²) in [6.45, 7) is 8.42. The third kappa shape index (κ3) is 4.35. The average Bonchev–Trinajstić information content (AvgIpc) is 3.08. The summed E-state index contributed by atoms with van der Waals surface area (Å²) in [7, 11) is 0. The lowest BCUT2D eigenvalue weighted by Crippen LogP contribution is -2.49. The lowest BCUT2D eigenvalue weighted by molar-refractivity contribution is 0.209. The van der Waals surface area contributed by atoms with Crippen molar-refractivity contribution in [2.45, 2.75) is 51.6 Å². The molecule has 2 amide bonds. The number of urea groups is 1. The lowest BCUT2D eigenvalue weighted by atomic mass is 10.2. The minimum atomic E-state index is -0.170. The van der Waals surface area contributed by atoms with E-state index in [1.807, 2.05) is 6.07 Å². The first kappa shape index (κ1) is 17.0. The molecule has 7 heteroatoms. The molecule has 2 N–H and O–H groups in total. The lowest BCUT2D eigenvalue weighted by Gasteiger charge is -2.37. The molecule has 2 heterocycles. The molecule has 1 saturated heterocycles. The zero-order valence-corrected chi connectivity index (χ0v) is 14.7. The molecular weight excluding hydrogens is 304 g/mol. The van der Waals surface area contributed by atoms with E-state index in [-0.39, 0.29) is 6.03 Å². The van der Waals surface area contributed by atoms with Gasteiger partial charge in [0.25, 0.3) is 0 Å². The van der Waals surface area contributed by atoms with Crippen LogP contribution in [0.15, 0.2) is 12.4 Å². The molecule has 0 spiro atoms. The molecule has 0 bridgehead atoms. The molecule has 2 fully saturated rings. The van der Waals surface area contributed by atoms with Gasteiger partial charge in [0, 0.05) is 44.3 Å². The number of nitrogens with one attached hydrogen (secondary N) is 2. The van der Waals surface area contributed by atoms with Crippen molar-refractivity contribution in [3.63, 3.8) is 0 Å². The number of carbonyl (C=O) groups is 1. The van der Waals surface area contributed by atoms with Crippen molar-refractivity contribution in [3.8, 4) is 0 Å². The summed E-state index contributed by atoms with van der Waals surface area (Å²) in [5.74, 6) is 1.44. The maximum atomic E-state index is 12.1. The van der Waals surface area contributed by atoms with Crippen LogP contribution in [0.25, 0.3) is 0 Å². The molecule has 0 aromatic carbocycles. The third-order valence-electron chi connectivity index (χ3n) is 4.95. The van der Waals surface area contributed by atoms with Crippen molar-refractivity contribution >= 4 is 17.7 Å². The predicted octanol–water partition coefficient (Wildman–Crippen LogP) is 2.07. The Morgan fingerprint density at radius 2 is 1.88 bits per heavy atom. The van der Waals surface area contributed by atoms with E-state index in [0.29, 0.717) is 17.9 Å². The number of hydrogen-bond acceptors (Lipinski definition) is 5. The molecular formula is C17H28N6O.